The standard InChI is InChI=1S/C21H22FN5O4/c1-2-17-24-19(25-31-17)18-15-10-4-3-7-11-26(15)21(30)27(20(18)29)12-16(28)23-14-9-6-5-8-13(14)22/h5-6,8-9H,2-4,7,10-12H2,1H3,(H,23,28). The van der Waals surface area contributed by atoms with Gasteiger partial charge in [-0.2, -0.15) is 4.98 Å². The molecule has 1 aliphatic heterocycles. The number of amides is 1. The number of fused-ring (bicyclic) bond motifs is 1. The van der Waals surface area contributed by atoms with Crippen molar-refractivity contribution < 1.29 is 13.7 Å². The van der Waals surface area contributed by atoms with Gasteiger partial charge in [-0.05, 0) is 31.4 Å². The van der Waals surface area contributed by atoms with Crippen molar-refractivity contribution in [3.05, 3.63) is 62.5 Å². The van der Waals surface area contributed by atoms with Crippen LogP contribution < -0.4 is 16.6 Å². The Balaban J connectivity index is 1.79. The maximum absolute atomic E-state index is 13.9. The summed E-state index contributed by atoms with van der Waals surface area (Å²) in [5.41, 5.74) is -0.537. The lowest BCUT2D eigenvalue weighted by Crippen LogP contribution is -2.44. The van der Waals surface area contributed by atoms with Crippen molar-refractivity contribution in [3.63, 3.8) is 0 Å². The Morgan fingerprint density at radius 3 is 2.77 bits per heavy atom. The smallest absolute Gasteiger partial charge is 0.331 e. The first-order valence-corrected chi connectivity index (χ1v) is 10.2. The first-order chi connectivity index (χ1) is 15.0. The second-order valence-electron chi connectivity index (χ2n) is 7.35. The van der Waals surface area contributed by atoms with E-state index < -0.39 is 29.5 Å². The van der Waals surface area contributed by atoms with Crippen LogP contribution in [0.1, 0.15) is 37.8 Å². The van der Waals surface area contributed by atoms with Crippen molar-refractivity contribution in [3.8, 4) is 11.4 Å². The Bertz CT molecular complexity index is 1240. The van der Waals surface area contributed by atoms with Crippen LogP contribution in [-0.4, -0.2) is 25.2 Å². The monoisotopic (exact) mass is 427 g/mol. The zero-order valence-electron chi connectivity index (χ0n) is 17.1. The van der Waals surface area contributed by atoms with Gasteiger partial charge >= 0.3 is 5.69 Å². The third-order valence-corrected chi connectivity index (χ3v) is 5.27. The molecule has 1 amide bonds. The summed E-state index contributed by atoms with van der Waals surface area (Å²) in [7, 11) is 0. The lowest BCUT2D eigenvalue weighted by Gasteiger charge is -2.16. The van der Waals surface area contributed by atoms with Gasteiger partial charge in [0.25, 0.3) is 5.56 Å². The van der Waals surface area contributed by atoms with Crippen LogP contribution in [0.3, 0.4) is 0 Å². The van der Waals surface area contributed by atoms with Gasteiger partial charge < -0.3 is 9.84 Å². The summed E-state index contributed by atoms with van der Waals surface area (Å²) in [5, 5.41) is 6.33. The molecule has 1 N–H and O–H groups in total. The van der Waals surface area contributed by atoms with Crippen LogP contribution in [0.5, 0.6) is 0 Å². The molecule has 0 fully saturated rings. The number of aromatic nitrogens is 4. The molecule has 0 atom stereocenters. The molecule has 10 heteroatoms. The molecule has 0 unspecified atom stereocenters. The molecule has 3 aromatic rings. The van der Waals surface area contributed by atoms with E-state index in [0.29, 0.717) is 31.0 Å². The molecule has 4 rings (SSSR count). The molecule has 9 nitrogen and oxygen atoms in total. The Labute approximate surface area is 176 Å². The summed E-state index contributed by atoms with van der Waals surface area (Å²) in [4.78, 5) is 43.2. The largest absolute Gasteiger partial charge is 0.339 e. The third-order valence-electron chi connectivity index (χ3n) is 5.27. The first kappa shape index (κ1) is 20.7. The van der Waals surface area contributed by atoms with Crippen LogP contribution in [0, 0.1) is 5.82 Å². The molecule has 31 heavy (non-hydrogen) atoms. The molecule has 0 bridgehead atoms. The SMILES string of the molecule is CCc1nc(-c2c3n(c(=O)n(CC(=O)Nc4ccccc4F)c2=O)CCCCC3)no1. The second kappa shape index (κ2) is 8.66. The molecule has 1 aliphatic rings. The molecule has 0 aliphatic carbocycles. The zero-order chi connectivity index (χ0) is 22.0. The third kappa shape index (κ3) is 4.05. The number of benzene rings is 1. The Kier molecular flexibility index (Phi) is 5.79. The van der Waals surface area contributed by atoms with Crippen LogP contribution in [0.2, 0.25) is 0 Å². The molecule has 0 saturated heterocycles. The molecular formula is C21H22FN5O4. The number of aryl methyl sites for hydroxylation is 1. The first-order valence-electron chi connectivity index (χ1n) is 10.2. The Hall–Kier alpha value is -3.56. The molecule has 0 radical (unpaired) electrons. The number of hydrogen-bond acceptors (Lipinski definition) is 6. The number of rotatable bonds is 5. The van der Waals surface area contributed by atoms with Crippen molar-refractivity contribution in [1.29, 1.82) is 0 Å². The number of carbonyl (C=O) groups is 1. The maximum Gasteiger partial charge on any atom is 0.331 e. The van der Waals surface area contributed by atoms with Gasteiger partial charge in [0, 0.05) is 18.7 Å². The van der Waals surface area contributed by atoms with E-state index in [1.807, 2.05) is 6.92 Å². The van der Waals surface area contributed by atoms with Gasteiger partial charge in [-0.25, -0.2) is 9.18 Å². The lowest BCUT2D eigenvalue weighted by molar-refractivity contribution is -0.116. The van der Waals surface area contributed by atoms with Gasteiger partial charge in [-0.15, -0.1) is 0 Å². The fraction of sp³-hybridized carbons (Fsp3) is 0.381. The molecule has 0 spiro atoms. The number of anilines is 1. The van der Waals surface area contributed by atoms with Crippen molar-refractivity contribution in [2.24, 2.45) is 0 Å². The number of carbonyl (C=O) groups excluding carboxylic acids is 1. The summed E-state index contributed by atoms with van der Waals surface area (Å²) in [6, 6.07) is 5.67. The van der Waals surface area contributed by atoms with E-state index in [1.165, 1.54) is 22.8 Å². The number of halogens is 1. The highest BCUT2D eigenvalue weighted by molar-refractivity contribution is 5.90. The summed E-state index contributed by atoms with van der Waals surface area (Å²) in [6.45, 7) is 1.71. The highest BCUT2D eigenvalue weighted by Gasteiger charge is 2.25. The van der Waals surface area contributed by atoms with E-state index >= 15 is 0 Å². The predicted octanol–water partition coefficient (Wildman–Crippen LogP) is 2.13. The van der Waals surface area contributed by atoms with E-state index in [0.717, 1.165) is 23.8 Å². The minimum atomic E-state index is -0.688. The lowest BCUT2D eigenvalue weighted by atomic mass is 10.1. The van der Waals surface area contributed by atoms with Crippen molar-refractivity contribution in [2.75, 3.05) is 5.32 Å². The summed E-state index contributed by atoms with van der Waals surface area (Å²) in [5.74, 6) is -0.819. The molecule has 0 saturated carbocycles. The van der Waals surface area contributed by atoms with Crippen LogP contribution in [-0.2, 0) is 30.7 Å². The van der Waals surface area contributed by atoms with E-state index in [4.69, 9.17) is 4.52 Å². The summed E-state index contributed by atoms with van der Waals surface area (Å²) < 4.78 is 21.4. The minimum absolute atomic E-state index is 0.0265. The van der Waals surface area contributed by atoms with Crippen LogP contribution in [0.4, 0.5) is 10.1 Å². The van der Waals surface area contributed by atoms with Crippen molar-refractivity contribution in [2.45, 2.75) is 52.1 Å². The quantitative estimate of drug-likeness (QED) is 0.668. The second-order valence-corrected chi connectivity index (χ2v) is 7.35. The number of nitrogens with one attached hydrogen (secondary N) is 1. The van der Waals surface area contributed by atoms with Gasteiger partial charge in [0.2, 0.25) is 17.6 Å². The maximum atomic E-state index is 13.9. The zero-order valence-corrected chi connectivity index (χ0v) is 17.1. The van der Waals surface area contributed by atoms with Gasteiger partial charge in [0.1, 0.15) is 17.9 Å². The minimum Gasteiger partial charge on any atom is -0.339 e. The van der Waals surface area contributed by atoms with Gasteiger partial charge in [0.05, 0.1) is 5.69 Å². The van der Waals surface area contributed by atoms with E-state index in [2.05, 4.69) is 15.5 Å². The fourth-order valence-corrected chi connectivity index (χ4v) is 3.73. The Morgan fingerprint density at radius 1 is 1.23 bits per heavy atom. The van der Waals surface area contributed by atoms with Crippen LogP contribution >= 0.6 is 0 Å². The number of para-hydroxylation sites is 1. The van der Waals surface area contributed by atoms with Gasteiger partial charge in [0.15, 0.2) is 0 Å². The van der Waals surface area contributed by atoms with E-state index in [9.17, 15) is 18.8 Å². The number of hydrogen-bond donors (Lipinski definition) is 1. The highest BCUT2D eigenvalue weighted by Crippen LogP contribution is 2.21. The van der Waals surface area contributed by atoms with Crippen LogP contribution in [0.25, 0.3) is 11.4 Å². The normalized spacial score (nSPS) is 13.5. The number of nitrogens with zero attached hydrogens (tertiary/aromatic N) is 4. The average Bonchev–Trinajstić information content (AvgIpc) is 3.09. The van der Waals surface area contributed by atoms with E-state index in [-0.39, 0.29) is 17.1 Å². The topological polar surface area (TPSA) is 112 Å². The van der Waals surface area contributed by atoms with Crippen LogP contribution in [0.15, 0.2) is 38.4 Å². The van der Waals surface area contributed by atoms with Gasteiger partial charge in [-0.3, -0.25) is 18.7 Å². The van der Waals surface area contributed by atoms with Gasteiger partial charge in [-0.1, -0.05) is 30.6 Å². The molecule has 3 heterocycles. The molecule has 162 valence electrons. The predicted molar refractivity (Wildman–Crippen MR) is 110 cm³/mol. The fourth-order valence-electron chi connectivity index (χ4n) is 3.73. The molecular weight excluding hydrogens is 405 g/mol. The summed E-state index contributed by atoms with van der Waals surface area (Å²) in [6.07, 6.45) is 3.54. The van der Waals surface area contributed by atoms with Crippen molar-refractivity contribution >= 4 is 11.6 Å². The van der Waals surface area contributed by atoms with E-state index in [1.54, 1.807) is 6.07 Å². The van der Waals surface area contributed by atoms with Crippen molar-refractivity contribution in [1.82, 2.24) is 19.3 Å². The molecule has 1 aromatic carbocycles. The Morgan fingerprint density at radius 2 is 2.03 bits per heavy atom. The molecule has 2 aromatic heterocycles. The highest BCUT2D eigenvalue weighted by atomic mass is 19.1. The summed E-state index contributed by atoms with van der Waals surface area (Å²) >= 11 is 0. The average molecular weight is 427 g/mol.